The van der Waals surface area contributed by atoms with Gasteiger partial charge in [-0.2, -0.15) is 0 Å². The third kappa shape index (κ3) is 1.28. The van der Waals surface area contributed by atoms with Crippen molar-refractivity contribution in [2.24, 2.45) is 0 Å². The summed E-state index contributed by atoms with van der Waals surface area (Å²) in [5.41, 5.74) is 1.93. The topological polar surface area (TPSA) is 36.4 Å². The normalized spacial score (nSPS) is 15.9. The molecule has 1 aromatic heterocycles. The average Bonchev–Trinajstić information content (AvgIpc) is 2.02. The Morgan fingerprint density at radius 3 is 2.92 bits per heavy atom. The summed E-state index contributed by atoms with van der Waals surface area (Å²) < 4.78 is 0. The molecule has 0 spiro atoms. The smallest absolute Gasteiger partial charge is 0.0853 e. The van der Waals surface area contributed by atoms with Crippen molar-refractivity contribution < 1.29 is 5.11 Å². The Bertz CT molecular complexity index is 271. The first-order chi connectivity index (χ1) is 5.90. The first-order valence-electron chi connectivity index (χ1n) is 4.21. The van der Waals surface area contributed by atoms with Crippen molar-refractivity contribution in [3.63, 3.8) is 0 Å². The van der Waals surface area contributed by atoms with Crippen LogP contribution in [0.25, 0.3) is 0 Å². The molecule has 0 unspecified atom stereocenters. The van der Waals surface area contributed by atoms with E-state index in [1.54, 1.807) is 6.20 Å². The van der Waals surface area contributed by atoms with Gasteiger partial charge in [0.1, 0.15) is 0 Å². The minimum absolute atomic E-state index is 0.0294. The second-order valence-electron chi connectivity index (χ2n) is 3.00. The second kappa shape index (κ2) is 3.11. The molecule has 0 aromatic carbocycles. The number of anilines is 1. The Kier molecular flexibility index (Phi) is 1.96. The zero-order valence-electron chi connectivity index (χ0n) is 6.90. The molecule has 64 valence electrons. The van der Waals surface area contributed by atoms with Crippen molar-refractivity contribution in [2.45, 2.75) is 13.0 Å². The summed E-state index contributed by atoms with van der Waals surface area (Å²) in [6.07, 6.45) is 3.02. The van der Waals surface area contributed by atoms with Crippen LogP contribution < -0.4 is 4.90 Å². The second-order valence-corrected chi connectivity index (χ2v) is 3.00. The highest BCUT2D eigenvalue weighted by Crippen LogP contribution is 2.19. The number of aliphatic hydroxyl groups excluding tert-OH is 1. The highest BCUT2D eigenvalue weighted by molar-refractivity contribution is 5.48. The summed E-state index contributed by atoms with van der Waals surface area (Å²) in [7, 11) is 0. The van der Waals surface area contributed by atoms with Gasteiger partial charge in [-0.3, -0.25) is 4.98 Å². The van der Waals surface area contributed by atoms with E-state index in [2.05, 4.69) is 9.88 Å². The molecule has 0 saturated carbocycles. The van der Waals surface area contributed by atoms with Crippen LogP contribution in [0.5, 0.6) is 0 Å². The van der Waals surface area contributed by atoms with Crippen molar-refractivity contribution in [2.75, 3.05) is 18.0 Å². The zero-order valence-corrected chi connectivity index (χ0v) is 6.90. The maximum atomic E-state index is 8.85. The monoisotopic (exact) mass is 164 g/mol. The number of rotatable bonds is 2. The number of aliphatic hydroxyl groups is 1. The molecule has 1 aromatic rings. The van der Waals surface area contributed by atoms with E-state index in [1.165, 1.54) is 12.1 Å². The summed E-state index contributed by atoms with van der Waals surface area (Å²) in [5, 5.41) is 8.85. The molecule has 1 fully saturated rings. The van der Waals surface area contributed by atoms with Gasteiger partial charge in [-0.1, -0.05) is 0 Å². The highest BCUT2D eigenvalue weighted by atomic mass is 16.3. The van der Waals surface area contributed by atoms with Crippen LogP contribution in [0.15, 0.2) is 18.3 Å². The largest absolute Gasteiger partial charge is 0.390 e. The van der Waals surface area contributed by atoms with E-state index < -0.39 is 0 Å². The van der Waals surface area contributed by atoms with Gasteiger partial charge in [-0.25, -0.2) is 0 Å². The standard InChI is InChI=1S/C9H12N2O/c12-7-8-6-9(2-3-10-8)11-4-1-5-11/h2-3,6,12H,1,4-5,7H2. The molecular formula is C9H12N2O. The molecule has 0 aliphatic carbocycles. The van der Waals surface area contributed by atoms with Gasteiger partial charge in [0.15, 0.2) is 0 Å². The minimum atomic E-state index is 0.0294. The molecule has 1 N–H and O–H groups in total. The predicted molar refractivity (Wildman–Crippen MR) is 47.0 cm³/mol. The lowest BCUT2D eigenvalue weighted by Gasteiger charge is -2.33. The summed E-state index contributed by atoms with van der Waals surface area (Å²) in [5.74, 6) is 0. The number of hydrogen-bond acceptors (Lipinski definition) is 3. The van der Waals surface area contributed by atoms with Crippen molar-refractivity contribution in [1.82, 2.24) is 4.98 Å². The van der Waals surface area contributed by atoms with Crippen LogP contribution >= 0.6 is 0 Å². The first kappa shape index (κ1) is 7.55. The van der Waals surface area contributed by atoms with Gasteiger partial charge in [0.05, 0.1) is 12.3 Å². The summed E-state index contributed by atoms with van der Waals surface area (Å²) in [6.45, 7) is 2.30. The molecule has 0 amide bonds. The summed E-state index contributed by atoms with van der Waals surface area (Å²) in [6, 6.07) is 3.93. The van der Waals surface area contributed by atoms with Crippen LogP contribution in [0.4, 0.5) is 5.69 Å². The SMILES string of the molecule is OCc1cc(N2CCC2)ccn1. The van der Waals surface area contributed by atoms with Crippen molar-refractivity contribution >= 4 is 5.69 Å². The van der Waals surface area contributed by atoms with Crippen molar-refractivity contribution in [1.29, 1.82) is 0 Å². The van der Waals surface area contributed by atoms with Crippen LogP contribution in [0, 0.1) is 0 Å². The lowest BCUT2D eigenvalue weighted by Crippen LogP contribution is -2.37. The van der Waals surface area contributed by atoms with Crippen LogP contribution in [-0.2, 0) is 6.61 Å². The van der Waals surface area contributed by atoms with E-state index >= 15 is 0 Å². The van der Waals surface area contributed by atoms with Gasteiger partial charge in [0.2, 0.25) is 0 Å². The maximum absolute atomic E-state index is 8.85. The molecule has 3 nitrogen and oxygen atoms in total. The first-order valence-corrected chi connectivity index (χ1v) is 4.21. The van der Waals surface area contributed by atoms with Crippen molar-refractivity contribution in [3.8, 4) is 0 Å². The molecule has 1 aliphatic heterocycles. The molecule has 0 radical (unpaired) electrons. The zero-order chi connectivity index (χ0) is 8.39. The third-order valence-corrected chi connectivity index (χ3v) is 2.18. The van der Waals surface area contributed by atoms with E-state index in [-0.39, 0.29) is 6.61 Å². The summed E-state index contributed by atoms with van der Waals surface area (Å²) in [4.78, 5) is 6.30. The molecule has 1 saturated heterocycles. The number of pyridine rings is 1. The molecule has 0 bridgehead atoms. The van der Waals surface area contributed by atoms with Crippen LogP contribution in [-0.4, -0.2) is 23.2 Å². The van der Waals surface area contributed by atoms with E-state index in [0.717, 1.165) is 18.8 Å². The lowest BCUT2D eigenvalue weighted by molar-refractivity contribution is 0.277. The number of aromatic nitrogens is 1. The van der Waals surface area contributed by atoms with Gasteiger partial charge < -0.3 is 10.0 Å². The molecular weight excluding hydrogens is 152 g/mol. The van der Waals surface area contributed by atoms with Crippen LogP contribution in [0.3, 0.4) is 0 Å². The van der Waals surface area contributed by atoms with Gasteiger partial charge in [-0.15, -0.1) is 0 Å². The highest BCUT2D eigenvalue weighted by Gasteiger charge is 2.14. The summed E-state index contributed by atoms with van der Waals surface area (Å²) >= 11 is 0. The Balaban J connectivity index is 2.19. The molecule has 2 heterocycles. The Morgan fingerprint density at radius 1 is 1.50 bits per heavy atom. The fourth-order valence-electron chi connectivity index (χ4n) is 1.32. The lowest BCUT2D eigenvalue weighted by atomic mass is 10.2. The Hall–Kier alpha value is -1.09. The van der Waals surface area contributed by atoms with E-state index in [9.17, 15) is 0 Å². The van der Waals surface area contributed by atoms with Crippen molar-refractivity contribution in [3.05, 3.63) is 24.0 Å². The molecule has 2 rings (SSSR count). The fourth-order valence-corrected chi connectivity index (χ4v) is 1.32. The third-order valence-electron chi connectivity index (χ3n) is 2.18. The molecule has 12 heavy (non-hydrogen) atoms. The average molecular weight is 164 g/mol. The van der Waals surface area contributed by atoms with E-state index in [4.69, 9.17) is 5.11 Å². The Morgan fingerprint density at radius 2 is 2.33 bits per heavy atom. The maximum Gasteiger partial charge on any atom is 0.0853 e. The molecule has 3 heteroatoms. The van der Waals surface area contributed by atoms with Gasteiger partial charge >= 0.3 is 0 Å². The number of nitrogens with zero attached hydrogens (tertiary/aromatic N) is 2. The van der Waals surface area contributed by atoms with Gasteiger partial charge in [0, 0.05) is 25.0 Å². The van der Waals surface area contributed by atoms with E-state index in [0.29, 0.717) is 0 Å². The van der Waals surface area contributed by atoms with Gasteiger partial charge in [0.25, 0.3) is 0 Å². The van der Waals surface area contributed by atoms with Gasteiger partial charge in [-0.05, 0) is 18.6 Å². The van der Waals surface area contributed by atoms with Crippen LogP contribution in [0.2, 0.25) is 0 Å². The Labute approximate surface area is 71.7 Å². The quantitative estimate of drug-likeness (QED) is 0.701. The van der Waals surface area contributed by atoms with E-state index in [1.807, 2.05) is 12.1 Å². The molecule has 0 atom stereocenters. The fraction of sp³-hybridized carbons (Fsp3) is 0.444. The minimum Gasteiger partial charge on any atom is -0.390 e. The molecule has 1 aliphatic rings. The van der Waals surface area contributed by atoms with Crippen LogP contribution in [0.1, 0.15) is 12.1 Å². The predicted octanol–water partition coefficient (Wildman–Crippen LogP) is 0.784. The number of hydrogen-bond donors (Lipinski definition) is 1.